The van der Waals surface area contributed by atoms with Crippen LogP contribution in [-0.2, 0) is 0 Å². The predicted molar refractivity (Wildman–Crippen MR) is 118 cm³/mol. The Morgan fingerprint density at radius 2 is 1.03 bits per heavy atom. The fourth-order valence-electron chi connectivity index (χ4n) is 2.92. The number of hydrogen-bond donors (Lipinski definition) is 3. The van der Waals surface area contributed by atoms with Gasteiger partial charge in [0.05, 0.1) is 0 Å². The molecule has 3 N–H and O–H groups in total. The molecule has 0 atom stereocenters. The van der Waals surface area contributed by atoms with Crippen molar-refractivity contribution in [1.82, 2.24) is 15.0 Å². The van der Waals surface area contributed by atoms with Gasteiger partial charge in [0.1, 0.15) is 0 Å². The number of aromatic nitrogens is 3. The maximum Gasteiger partial charge on any atom is 0.233 e. The molecule has 0 fully saturated rings. The zero-order chi connectivity index (χ0) is 20.1. The molecule has 4 aromatic rings. The summed E-state index contributed by atoms with van der Waals surface area (Å²) in [6.45, 7) is 4.13. The number of hydrogen-bond acceptors (Lipinski definition) is 6. The van der Waals surface area contributed by atoms with Crippen LogP contribution in [0.5, 0.6) is 0 Å². The van der Waals surface area contributed by atoms with Gasteiger partial charge in [-0.05, 0) is 49.7 Å². The molecule has 29 heavy (non-hydrogen) atoms. The smallest absolute Gasteiger partial charge is 0.233 e. The van der Waals surface area contributed by atoms with Crippen LogP contribution in [0.15, 0.2) is 78.9 Å². The molecule has 6 nitrogen and oxygen atoms in total. The third kappa shape index (κ3) is 4.87. The highest BCUT2D eigenvalue weighted by molar-refractivity contribution is 5.63. The van der Waals surface area contributed by atoms with Gasteiger partial charge in [-0.15, -0.1) is 0 Å². The number of nitrogens with one attached hydrogen (secondary N) is 3. The standard InChI is InChI=1S/C23H22N6/c1-16-13-14-20(17(2)15-16)26-23-28-21(24-18-9-5-3-6-10-18)27-22(29-23)25-19-11-7-4-8-12-19/h3-15H,1-2H3,(H3,24,25,26,27,28,29). The van der Waals surface area contributed by atoms with Gasteiger partial charge >= 0.3 is 0 Å². The van der Waals surface area contributed by atoms with E-state index in [1.807, 2.05) is 66.7 Å². The summed E-state index contributed by atoms with van der Waals surface area (Å²) in [5.41, 5.74) is 5.10. The number of nitrogens with zero attached hydrogens (tertiary/aromatic N) is 3. The molecule has 0 radical (unpaired) electrons. The summed E-state index contributed by atoms with van der Waals surface area (Å²) in [6.07, 6.45) is 0. The van der Waals surface area contributed by atoms with Gasteiger partial charge in [-0.3, -0.25) is 0 Å². The molecular formula is C23H22N6. The Balaban J connectivity index is 1.66. The number of aryl methyl sites for hydroxylation is 2. The Labute approximate surface area is 170 Å². The molecular weight excluding hydrogens is 360 g/mol. The average molecular weight is 382 g/mol. The van der Waals surface area contributed by atoms with Crippen LogP contribution in [0.25, 0.3) is 0 Å². The quantitative estimate of drug-likeness (QED) is 0.396. The van der Waals surface area contributed by atoms with Crippen molar-refractivity contribution in [3.05, 3.63) is 90.0 Å². The van der Waals surface area contributed by atoms with Crippen molar-refractivity contribution in [2.45, 2.75) is 13.8 Å². The first-order chi connectivity index (χ1) is 14.2. The minimum Gasteiger partial charge on any atom is -0.324 e. The second kappa shape index (κ2) is 8.39. The second-order valence-electron chi connectivity index (χ2n) is 6.73. The minimum atomic E-state index is 0.455. The average Bonchev–Trinajstić information content (AvgIpc) is 2.71. The maximum absolute atomic E-state index is 4.54. The summed E-state index contributed by atoms with van der Waals surface area (Å²) >= 11 is 0. The van der Waals surface area contributed by atoms with Crippen LogP contribution in [-0.4, -0.2) is 15.0 Å². The van der Waals surface area contributed by atoms with Gasteiger partial charge in [0.2, 0.25) is 17.8 Å². The van der Waals surface area contributed by atoms with Crippen molar-refractivity contribution in [3.63, 3.8) is 0 Å². The van der Waals surface area contributed by atoms with E-state index < -0.39 is 0 Å². The summed E-state index contributed by atoms with van der Waals surface area (Å²) in [5, 5.41) is 9.79. The molecule has 0 saturated carbocycles. The monoisotopic (exact) mass is 382 g/mol. The Bertz CT molecular complexity index is 1040. The van der Waals surface area contributed by atoms with Gasteiger partial charge in [-0.2, -0.15) is 15.0 Å². The first-order valence-electron chi connectivity index (χ1n) is 9.40. The zero-order valence-electron chi connectivity index (χ0n) is 16.3. The Kier molecular flexibility index (Phi) is 5.33. The fourth-order valence-corrected chi connectivity index (χ4v) is 2.92. The Morgan fingerprint density at radius 3 is 1.52 bits per heavy atom. The molecule has 0 aliphatic carbocycles. The van der Waals surface area contributed by atoms with E-state index in [-0.39, 0.29) is 0 Å². The SMILES string of the molecule is Cc1ccc(Nc2nc(Nc3ccccc3)nc(Nc3ccccc3)n2)c(C)c1. The Morgan fingerprint density at radius 1 is 0.552 bits per heavy atom. The topological polar surface area (TPSA) is 74.8 Å². The van der Waals surface area contributed by atoms with E-state index in [0.717, 1.165) is 22.6 Å². The van der Waals surface area contributed by atoms with Crippen LogP contribution >= 0.6 is 0 Å². The molecule has 6 heteroatoms. The van der Waals surface area contributed by atoms with Gasteiger partial charge < -0.3 is 16.0 Å². The van der Waals surface area contributed by atoms with Gasteiger partial charge in [0.15, 0.2) is 0 Å². The molecule has 0 amide bonds. The number of para-hydroxylation sites is 2. The van der Waals surface area contributed by atoms with Crippen LogP contribution in [0.4, 0.5) is 34.9 Å². The summed E-state index contributed by atoms with van der Waals surface area (Å²) in [4.78, 5) is 13.6. The molecule has 0 bridgehead atoms. The van der Waals surface area contributed by atoms with Gasteiger partial charge in [-0.1, -0.05) is 54.1 Å². The number of benzene rings is 3. The summed E-state index contributed by atoms with van der Waals surface area (Å²) in [6, 6.07) is 25.8. The van der Waals surface area contributed by atoms with E-state index in [9.17, 15) is 0 Å². The van der Waals surface area contributed by atoms with Crippen molar-refractivity contribution in [3.8, 4) is 0 Å². The Hall–Kier alpha value is -3.93. The molecule has 0 aliphatic rings. The first-order valence-corrected chi connectivity index (χ1v) is 9.40. The van der Waals surface area contributed by atoms with Crippen molar-refractivity contribution < 1.29 is 0 Å². The number of rotatable bonds is 6. The molecule has 0 spiro atoms. The highest BCUT2D eigenvalue weighted by Crippen LogP contribution is 2.23. The zero-order valence-corrected chi connectivity index (χ0v) is 16.3. The van der Waals surface area contributed by atoms with Crippen molar-refractivity contribution in [2.24, 2.45) is 0 Å². The summed E-state index contributed by atoms with van der Waals surface area (Å²) < 4.78 is 0. The second-order valence-corrected chi connectivity index (χ2v) is 6.73. The lowest BCUT2D eigenvalue weighted by molar-refractivity contribution is 1.06. The van der Waals surface area contributed by atoms with E-state index in [2.05, 4.69) is 56.9 Å². The van der Waals surface area contributed by atoms with Gasteiger partial charge in [0.25, 0.3) is 0 Å². The highest BCUT2D eigenvalue weighted by Gasteiger charge is 2.09. The predicted octanol–water partition coefficient (Wildman–Crippen LogP) is 5.72. The number of anilines is 6. The van der Waals surface area contributed by atoms with Crippen molar-refractivity contribution >= 4 is 34.9 Å². The lowest BCUT2D eigenvalue weighted by Gasteiger charge is -2.13. The first kappa shape index (κ1) is 18.4. The highest BCUT2D eigenvalue weighted by atomic mass is 15.3. The van der Waals surface area contributed by atoms with E-state index >= 15 is 0 Å². The van der Waals surface area contributed by atoms with E-state index in [4.69, 9.17) is 0 Å². The molecule has 0 aliphatic heterocycles. The summed E-state index contributed by atoms with van der Waals surface area (Å²) in [5.74, 6) is 1.37. The molecule has 1 heterocycles. The van der Waals surface area contributed by atoms with Crippen molar-refractivity contribution in [1.29, 1.82) is 0 Å². The van der Waals surface area contributed by atoms with E-state index in [1.165, 1.54) is 5.56 Å². The van der Waals surface area contributed by atoms with Crippen LogP contribution in [0, 0.1) is 13.8 Å². The van der Waals surface area contributed by atoms with Gasteiger partial charge in [0, 0.05) is 17.1 Å². The lowest BCUT2D eigenvalue weighted by atomic mass is 10.1. The molecule has 4 rings (SSSR count). The third-order valence-corrected chi connectivity index (χ3v) is 4.32. The molecule has 1 aromatic heterocycles. The summed E-state index contributed by atoms with van der Waals surface area (Å²) in [7, 11) is 0. The molecule has 0 unspecified atom stereocenters. The van der Waals surface area contributed by atoms with E-state index in [1.54, 1.807) is 0 Å². The lowest BCUT2D eigenvalue weighted by Crippen LogP contribution is -2.07. The molecule has 3 aromatic carbocycles. The van der Waals surface area contributed by atoms with Crippen LogP contribution in [0.3, 0.4) is 0 Å². The molecule has 0 saturated heterocycles. The minimum absolute atomic E-state index is 0.455. The maximum atomic E-state index is 4.54. The third-order valence-electron chi connectivity index (χ3n) is 4.32. The van der Waals surface area contributed by atoms with Crippen LogP contribution in [0.1, 0.15) is 11.1 Å². The van der Waals surface area contributed by atoms with Gasteiger partial charge in [-0.25, -0.2) is 0 Å². The fraction of sp³-hybridized carbons (Fsp3) is 0.0870. The largest absolute Gasteiger partial charge is 0.324 e. The van der Waals surface area contributed by atoms with E-state index in [0.29, 0.717) is 17.8 Å². The van der Waals surface area contributed by atoms with Crippen molar-refractivity contribution in [2.75, 3.05) is 16.0 Å². The van der Waals surface area contributed by atoms with Crippen LogP contribution < -0.4 is 16.0 Å². The normalized spacial score (nSPS) is 10.4. The molecule has 144 valence electrons. The van der Waals surface area contributed by atoms with Crippen LogP contribution in [0.2, 0.25) is 0 Å².